The molecule has 2 bridgehead atoms. The van der Waals surface area contributed by atoms with E-state index in [4.69, 9.17) is 4.52 Å². The Morgan fingerprint density at radius 1 is 1.33 bits per heavy atom. The summed E-state index contributed by atoms with van der Waals surface area (Å²) in [6.45, 7) is 7.33. The number of amides is 1. The van der Waals surface area contributed by atoms with Crippen LogP contribution >= 0.6 is 11.3 Å². The highest BCUT2D eigenvalue weighted by Gasteiger charge is 2.38. The Hall–Kier alpha value is -1.73. The first-order chi connectivity index (χ1) is 11.6. The molecule has 3 aliphatic heterocycles. The fourth-order valence-electron chi connectivity index (χ4n) is 4.03. The van der Waals surface area contributed by atoms with Crippen molar-refractivity contribution in [3.63, 3.8) is 0 Å². The molecule has 3 saturated heterocycles. The molecular weight excluding hydrogens is 324 g/mol. The van der Waals surface area contributed by atoms with Crippen molar-refractivity contribution in [1.82, 2.24) is 19.9 Å². The number of carbonyl (C=O) groups is 1. The molecule has 7 heteroatoms. The fraction of sp³-hybridized carbons (Fsp3) is 0.588. The maximum atomic E-state index is 13.1. The fourth-order valence-corrected chi connectivity index (χ4v) is 4.58. The second kappa shape index (κ2) is 6.29. The number of aromatic nitrogens is 2. The van der Waals surface area contributed by atoms with Crippen LogP contribution in [0.3, 0.4) is 0 Å². The molecule has 0 N–H and O–H groups in total. The van der Waals surface area contributed by atoms with Gasteiger partial charge in [0.2, 0.25) is 0 Å². The van der Waals surface area contributed by atoms with Crippen LogP contribution in [0.25, 0.3) is 0 Å². The van der Waals surface area contributed by atoms with Crippen LogP contribution in [-0.2, 0) is 6.54 Å². The molecule has 5 rings (SSSR count). The monoisotopic (exact) mass is 346 g/mol. The van der Waals surface area contributed by atoms with Crippen molar-refractivity contribution in [1.29, 1.82) is 0 Å². The van der Waals surface area contributed by atoms with E-state index in [2.05, 4.69) is 25.3 Å². The molecular formula is C17H22N4O2S. The summed E-state index contributed by atoms with van der Waals surface area (Å²) in [6.07, 6.45) is 2.27. The number of fused-ring (bicyclic) bond motifs is 4. The number of hydrogen-bond acceptors (Lipinski definition) is 6. The van der Waals surface area contributed by atoms with E-state index in [0.29, 0.717) is 22.9 Å². The maximum absolute atomic E-state index is 13.1. The van der Waals surface area contributed by atoms with Gasteiger partial charge in [0.05, 0.1) is 16.9 Å². The summed E-state index contributed by atoms with van der Waals surface area (Å²) in [7, 11) is 0. The van der Waals surface area contributed by atoms with Crippen LogP contribution < -0.4 is 0 Å². The van der Waals surface area contributed by atoms with Gasteiger partial charge in [-0.1, -0.05) is 5.16 Å². The summed E-state index contributed by atoms with van der Waals surface area (Å²) in [5.41, 5.74) is 4.35. The molecule has 5 heterocycles. The SMILES string of the molecule is Cc1noc(C)c1C(=O)N1C[C@@H]2CC[C@H]1CN(Cc1cscn1)C2. The molecule has 0 aliphatic carbocycles. The minimum atomic E-state index is 0.0801. The first-order valence-electron chi connectivity index (χ1n) is 8.45. The lowest BCUT2D eigenvalue weighted by Crippen LogP contribution is -2.47. The quantitative estimate of drug-likeness (QED) is 0.854. The standard InChI is InChI=1S/C17H22N4O2S/c1-11-16(12(2)23-19-11)17(22)21-6-13-3-4-15(21)8-20(5-13)7-14-9-24-10-18-14/h9-10,13,15H,3-8H2,1-2H3/t13-,15+/m1/s1. The largest absolute Gasteiger partial charge is 0.361 e. The van der Waals surface area contributed by atoms with Crippen molar-refractivity contribution in [3.8, 4) is 0 Å². The van der Waals surface area contributed by atoms with Crippen molar-refractivity contribution in [2.75, 3.05) is 19.6 Å². The summed E-state index contributed by atoms with van der Waals surface area (Å²) in [5.74, 6) is 1.24. The molecule has 24 heavy (non-hydrogen) atoms. The topological polar surface area (TPSA) is 62.5 Å². The number of hydrogen-bond donors (Lipinski definition) is 0. The zero-order chi connectivity index (χ0) is 16.7. The van der Waals surface area contributed by atoms with Crippen molar-refractivity contribution in [3.05, 3.63) is 33.6 Å². The summed E-state index contributed by atoms with van der Waals surface area (Å²) in [6, 6.07) is 0.267. The summed E-state index contributed by atoms with van der Waals surface area (Å²) < 4.78 is 5.19. The van der Waals surface area contributed by atoms with Crippen LogP contribution in [0.15, 0.2) is 15.4 Å². The van der Waals surface area contributed by atoms with E-state index in [1.807, 2.05) is 19.4 Å². The van der Waals surface area contributed by atoms with Crippen LogP contribution in [0.1, 0.15) is 40.3 Å². The maximum Gasteiger partial charge on any atom is 0.259 e. The highest BCUT2D eigenvalue weighted by atomic mass is 32.1. The molecule has 0 aromatic carbocycles. The Balaban J connectivity index is 1.53. The van der Waals surface area contributed by atoms with Crippen molar-refractivity contribution in [2.45, 2.75) is 39.3 Å². The van der Waals surface area contributed by atoms with Gasteiger partial charge in [-0.3, -0.25) is 9.69 Å². The molecule has 0 saturated carbocycles. The van der Waals surface area contributed by atoms with Crippen LogP contribution in [0.4, 0.5) is 0 Å². The Labute approximate surface area is 145 Å². The molecule has 6 nitrogen and oxygen atoms in total. The predicted octanol–water partition coefficient (Wildman–Crippen LogP) is 2.48. The highest BCUT2D eigenvalue weighted by Crippen LogP contribution is 2.30. The molecule has 0 radical (unpaired) electrons. The van der Waals surface area contributed by atoms with Gasteiger partial charge in [-0.2, -0.15) is 0 Å². The molecule has 0 spiro atoms. The van der Waals surface area contributed by atoms with Gasteiger partial charge in [-0.15, -0.1) is 11.3 Å². The Morgan fingerprint density at radius 2 is 2.21 bits per heavy atom. The second-order valence-corrected chi connectivity index (χ2v) is 7.65. The van der Waals surface area contributed by atoms with Gasteiger partial charge >= 0.3 is 0 Å². The minimum absolute atomic E-state index is 0.0801. The van der Waals surface area contributed by atoms with Crippen LogP contribution in [-0.4, -0.2) is 51.5 Å². The van der Waals surface area contributed by atoms with E-state index >= 15 is 0 Å². The lowest BCUT2D eigenvalue weighted by atomic mass is 9.94. The van der Waals surface area contributed by atoms with Crippen LogP contribution in [0.2, 0.25) is 0 Å². The van der Waals surface area contributed by atoms with Crippen molar-refractivity contribution < 1.29 is 9.32 Å². The van der Waals surface area contributed by atoms with Gasteiger partial charge in [-0.25, -0.2) is 4.98 Å². The Morgan fingerprint density at radius 3 is 2.92 bits per heavy atom. The van der Waals surface area contributed by atoms with E-state index < -0.39 is 0 Å². The zero-order valence-corrected chi connectivity index (χ0v) is 14.9. The zero-order valence-electron chi connectivity index (χ0n) is 14.1. The third kappa shape index (κ3) is 2.86. The van der Waals surface area contributed by atoms with Gasteiger partial charge in [0.1, 0.15) is 11.3 Å². The van der Waals surface area contributed by atoms with Crippen molar-refractivity contribution >= 4 is 17.2 Å². The van der Waals surface area contributed by atoms with Gasteiger partial charge in [0.25, 0.3) is 5.91 Å². The number of piperidine rings is 1. The second-order valence-electron chi connectivity index (χ2n) is 6.93. The normalized spacial score (nSPS) is 24.3. The first kappa shape index (κ1) is 15.8. The Bertz CT molecular complexity index is 708. The lowest BCUT2D eigenvalue weighted by Gasteiger charge is -2.36. The average molecular weight is 346 g/mol. The third-order valence-corrected chi connectivity index (χ3v) is 5.80. The number of rotatable bonds is 3. The molecule has 1 amide bonds. The van der Waals surface area contributed by atoms with Crippen LogP contribution in [0.5, 0.6) is 0 Å². The molecule has 128 valence electrons. The molecule has 2 aromatic heterocycles. The molecule has 3 aliphatic rings. The number of carbonyl (C=O) groups excluding carboxylic acids is 1. The number of aryl methyl sites for hydroxylation is 2. The smallest absolute Gasteiger partial charge is 0.259 e. The minimum Gasteiger partial charge on any atom is -0.361 e. The molecule has 0 unspecified atom stereocenters. The first-order valence-corrected chi connectivity index (χ1v) is 9.39. The van der Waals surface area contributed by atoms with Gasteiger partial charge in [0, 0.05) is 37.6 Å². The third-order valence-electron chi connectivity index (χ3n) is 5.17. The average Bonchev–Trinajstić information content (AvgIpc) is 3.08. The molecule has 3 fully saturated rings. The van der Waals surface area contributed by atoms with E-state index in [1.54, 1.807) is 11.3 Å². The summed E-state index contributed by atoms with van der Waals surface area (Å²) in [5, 5.41) is 6.05. The van der Waals surface area contributed by atoms with E-state index in [1.165, 1.54) is 6.42 Å². The van der Waals surface area contributed by atoms with Crippen LogP contribution in [0, 0.1) is 19.8 Å². The van der Waals surface area contributed by atoms with E-state index in [-0.39, 0.29) is 11.9 Å². The van der Waals surface area contributed by atoms with Gasteiger partial charge < -0.3 is 9.42 Å². The Kier molecular flexibility index (Phi) is 4.14. The van der Waals surface area contributed by atoms with Gasteiger partial charge in [-0.05, 0) is 32.6 Å². The summed E-state index contributed by atoms with van der Waals surface area (Å²) >= 11 is 1.64. The number of nitrogens with zero attached hydrogens (tertiary/aromatic N) is 4. The molecule has 2 atom stereocenters. The van der Waals surface area contributed by atoms with Gasteiger partial charge in [0.15, 0.2) is 0 Å². The number of thiazole rings is 1. The lowest BCUT2D eigenvalue weighted by molar-refractivity contribution is 0.0582. The van der Waals surface area contributed by atoms with Crippen molar-refractivity contribution in [2.24, 2.45) is 5.92 Å². The van der Waals surface area contributed by atoms with E-state index in [9.17, 15) is 4.79 Å². The summed E-state index contributed by atoms with van der Waals surface area (Å²) in [4.78, 5) is 22.0. The highest BCUT2D eigenvalue weighted by molar-refractivity contribution is 7.07. The molecule has 2 aromatic rings. The predicted molar refractivity (Wildman–Crippen MR) is 90.9 cm³/mol. The van der Waals surface area contributed by atoms with E-state index in [0.717, 1.165) is 38.3 Å².